The second kappa shape index (κ2) is 4.98. The Kier molecular flexibility index (Phi) is 4.32. The number of rotatable bonds is 2. The normalized spacial score (nSPS) is 12.0. The smallest absolute Gasteiger partial charge is 0.402 e. The summed E-state index contributed by atoms with van der Waals surface area (Å²) in [7, 11) is 0. The van der Waals surface area contributed by atoms with Crippen LogP contribution in [-0.2, 0) is 0 Å². The van der Waals surface area contributed by atoms with E-state index in [0.717, 1.165) is 6.07 Å². The largest absolute Gasteiger partial charge is 0.573 e. The molecule has 0 fully saturated rings. The number of halogens is 7. The van der Waals surface area contributed by atoms with Crippen molar-refractivity contribution >= 4 is 38.5 Å². The second-order valence-corrected chi connectivity index (χ2v) is 4.36. The predicted molar refractivity (Wildman–Crippen MR) is 56.3 cm³/mol. The summed E-state index contributed by atoms with van der Waals surface area (Å²) in [5, 5.41) is 0. The number of nitrogens with zero attached hydrogens (tertiary/aromatic N) is 1. The van der Waals surface area contributed by atoms with Crippen LogP contribution in [0.25, 0.3) is 0 Å². The van der Waals surface area contributed by atoms with Gasteiger partial charge in [0.15, 0.2) is 5.75 Å². The minimum Gasteiger partial charge on any atom is -0.402 e. The van der Waals surface area contributed by atoms with Crippen LogP contribution < -0.4 is 4.74 Å². The Hall–Kier alpha value is -0.190. The number of alkyl halides is 5. The highest BCUT2D eigenvalue weighted by Gasteiger charge is 2.35. The van der Waals surface area contributed by atoms with Gasteiger partial charge in [0, 0.05) is 0 Å². The second-order valence-electron chi connectivity index (χ2n) is 2.50. The number of hydrogen-bond acceptors (Lipinski definition) is 2. The summed E-state index contributed by atoms with van der Waals surface area (Å²) in [5.41, 5.74) is -0.858. The third kappa shape index (κ3) is 3.68. The van der Waals surface area contributed by atoms with Crippen LogP contribution in [0.2, 0.25) is 0 Å². The Bertz CT molecular complexity index is 397. The van der Waals surface area contributed by atoms with Gasteiger partial charge in [-0.1, -0.05) is 0 Å². The topological polar surface area (TPSA) is 22.1 Å². The van der Waals surface area contributed by atoms with Crippen LogP contribution >= 0.6 is 38.5 Å². The summed E-state index contributed by atoms with van der Waals surface area (Å²) < 4.78 is 64.0. The lowest BCUT2D eigenvalue weighted by Gasteiger charge is -2.14. The zero-order chi connectivity index (χ0) is 12.5. The first kappa shape index (κ1) is 13.9. The summed E-state index contributed by atoms with van der Waals surface area (Å²) in [5.74, 6) is -1.01. The quantitative estimate of drug-likeness (QED) is 0.407. The van der Waals surface area contributed by atoms with Crippen molar-refractivity contribution in [2.75, 3.05) is 0 Å². The maximum atomic E-state index is 12.5. The molecule has 90 valence electrons. The monoisotopic (exact) mass is 417 g/mol. The summed E-state index contributed by atoms with van der Waals surface area (Å²) in [6.07, 6.45) is -8.12. The van der Waals surface area contributed by atoms with Crippen molar-refractivity contribution in [2.24, 2.45) is 0 Å². The van der Waals surface area contributed by atoms with Gasteiger partial charge in [0.1, 0.15) is 8.30 Å². The Morgan fingerprint density at radius 2 is 1.94 bits per heavy atom. The van der Waals surface area contributed by atoms with Gasteiger partial charge in [-0.25, -0.2) is 13.8 Å². The first-order valence-corrected chi connectivity index (χ1v) is 5.47. The highest BCUT2D eigenvalue weighted by molar-refractivity contribution is 14.1. The molecule has 0 spiro atoms. The van der Waals surface area contributed by atoms with E-state index in [1.807, 2.05) is 0 Å². The van der Waals surface area contributed by atoms with Crippen molar-refractivity contribution < 1.29 is 26.7 Å². The molecule has 1 heterocycles. The van der Waals surface area contributed by atoms with Gasteiger partial charge in [-0.05, 0) is 44.6 Å². The molecule has 0 aliphatic carbocycles. The lowest BCUT2D eigenvalue weighted by molar-refractivity contribution is -0.275. The lowest BCUT2D eigenvalue weighted by Crippen LogP contribution is -2.19. The molecule has 0 saturated carbocycles. The predicted octanol–water partition coefficient (Wildman–Crippen LogP) is 4.28. The van der Waals surface area contributed by atoms with Gasteiger partial charge in [0.05, 0.1) is 5.56 Å². The van der Waals surface area contributed by atoms with Gasteiger partial charge in [0.2, 0.25) is 0 Å². The first-order chi connectivity index (χ1) is 7.20. The number of ether oxygens (including phenoxy) is 1. The molecule has 0 aliphatic heterocycles. The fourth-order valence-corrected chi connectivity index (χ4v) is 2.28. The zero-order valence-electron chi connectivity index (χ0n) is 7.16. The van der Waals surface area contributed by atoms with E-state index in [1.54, 1.807) is 22.6 Å². The molecule has 0 N–H and O–H groups in total. The minimum absolute atomic E-state index is 0.134. The van der Waals surface area contributed by atoms with E-state index in [-0.39, 0.29) is 3.70 Å². The van der Waals surface area contributed by atoms with Gasteiger partial charge in [-0.2, -0.15) is 0 Å². The molecule has 0 amide bonds. The zero-order valence-corrected chi connectivity index (χ0v) is 10.9. The van der Waals surface area contributed by atoms with Crippen LogP contribution in [-0.4, -0.2) is 11.3 Å². The number of pyridine rings is 1. The lowest BCUT2D eigenvalue weighted by atomic mass is 10.2. The van der Waals surface area contributed by atoms with Gasteiger partial charge in [-0.3, -0.25) is 0 Å². The SMILES string of the molecule is FC(F)c1cc(I)nc(Br)c1OC(F)(F)F. The molecule has 0 radical (unpaired) electrons. The molecule has 2 nitrogen and oxygen atoms in total. The van der Waals surface area contributed by atoms with Crippen LogP contribution in [0.15, 0.2) is 10.7 Å². The van der Waals surface area contributed by atoms with Gasteiger partial charge in [-0.15, -0.1) is 13.2 Å². The third-order valence-corrected chi connectivity index (χ3v) is 2.47. The Morgan fingerprint density at radius 1 is 1.38 bits per heavy atom. The highest BCUT2D eigenvalue weighted by atomic mass is 127. The van der Waals surface area contributed by atoms with Crippen molar-refractivity contribution in [3.8, 4) is 5.75 Å². The highest BCUT2D eigenvalue weighted by Crippen LogP contribution is 2.38. The average molecular weight is 418 g/mol. The molecule has 0 unspecified atom stereocenters. The molecule has 0 aromatic carbocycles. The molecule has 0 bridgehead atoms. The van der Waals surface area contributed by atoms with Crippen molar-refractivity contribution in [3.63, 3.8) is 0 Å². The maximum Gasteiger partial charge on any atom is 0.573 e. The third-order valence-electron chi connectivity index (χ3n) is 1.38. The van der Waals surface area contributed by atoms with E-state index >= 15 is 0 Å². The molecule has 0 atom stereocenters. The molecule has 0 saturated heterocycles. The summed E-state index contributed by atoms with van der Waals surface area (Å²) >= 11 is 4.25. The Morgan fingerprint density at radius 3 is 2.38 bits per heavy atom. The van der Waals surface area contributed by atoms with Crippen molar-refractivity contribution in [3.05, 3.63) is 19.9 Å². The van der Waals surface area contributed by atoms with E-state index in [2.05, 4.69) is 25.7 Å². The molecule has 16 heavy (non-hydrogen) atoms. The van der Waals surface area contributed by atoms with Gasteiger partial charge in [0.25, 0.3) is 6.43 Å². The molecular formula is C7H2BrF5INO. The number of hydrogen-bond donors (Lipinski definition) is 0. The van der Waals surface area contributed by atoms with Crippen LogP contribution in [0.5, 0.6) is 5.75 Å². The summed E-state index contributed by atoms with van der Waals surface area (Å²) in [6.45, 7) is 0. The standard InChI is InChI=1S/C7H2BrF5INO/c8-5-4(16-7(11,12)13)2(6(9)10)1-3(14)15-5/h1,6H. The van der Waals surface area contributed by atoms with E-state index in [0.29, 0.717) is 0 Å². The fourth-order valence-electron chi connectivity index (χ4n) is 0.869. The van der Waals surface area contributed by atoms with Crippen molar-refractivity contribution in [2.45, 2.75) is 12.8 Å². The molecule has 1 rings (SSSR count). The van der Waals surface area contributed by atoms with Gasteiger partial charge >= 0.3 is 6.36 Å². The Balaban J connectivity index is 3.25. The molecule has 9 heteroatoms. The molecular weight excluding hydrogens is 416 g/mol. The minimum atomic E-state index is -5.04. The van der Waals surface area contributed by atoms with Crippen molar-refractivity contribution in [1.29, 1.82) is 0 Å². The molecule has 0 aliphatic rings. The van der Waals surface area contributed by atoms with Crippen LogP contribution in [0.4, 0.5) is 22.0 Å². The molecule has 1 aromatic rings. The number of aromatic nitrogens is 1. The summed E-state index contributed by atoms with van der Waals surface area (Å²) in [6, 6.07) is 0.830. The first-order valence-electron chi connectivity index (χ1n) is 3.60. The van der Waals surface area contributed by atoms with E-state index in [9.17, 15) is 22.0 Å². The Labute approximate surface area is 108 Å². The van der Waals surface area contributed by atoms with Crippen LogP contribution in [0.3, 0.4) is 0 Å². The van der Waals surface area contributed by atoms with Gasteiger partial charge < -0.3 is 4.74 Å². The van der Waals surface area contributed by atoms with Crippen molar-refractivity contribution in [1.82, 2.24) is 4.98 Å². The fraction of sp³-hybridized carbons (Fsp3) is 0.286. The maximum absolute atomic E-state index is 12.5. The van der Waals surface area contributed by atoms with E-state index in [1.165, 1.54) is 0 Å². The van der Waals surface area contributed by atoms with Crippen LogP contribution in [0, 0.1) is 3.70 Å². The average Bonchev–Trinajstić information content (AvgIpc) is 2.07. The van der Waals surface area contributed by atoms with E-state index < -0.39 is 28.7 Å². The summed E-state index contributed by atoms with van der Waals surface area (Å²) in [4.78, 5) is 3.55. The van der Waals surface area contributed by atoms with E-state index in [4.69, 9.17) is 0 Å². The van der Waals surface area contributed by atoms with Crippen LogP contribution in [0.1, 0.15) is 12.0 Å². The molecule has 1 aromatic heterocycles.